The van der Waals surface area contributed by atoms with Crippen molar-refractivity contribution in [1.82, 2.24) is 24.7 Å². The van der Waals surface area contributed by atoms with Crippen molar-refractivity contribution in [1.29, 1.82) is 0 Å². The predicted molar refractivity (Wildman–Crippen MR) is 182 cm³/mol. The van der Waals surface area contributed by atoms with Crippen molar-refractivity contribution in [2.75, 3.05) is 13.2 Å². The summed E-state index contributed by atoms with van der Waals surface area (Å²) in [6.07, 6.45) is 5.56. The molecular formula is C34H46ClN5O5Si. The van der Waals surface area contributed by atoms with Gasteiger partial charge in [0.05, 0.1) is 0 Å². The van der Waals surface area contributed by atoms with Crippen molar-refractivity contribution in [3.8, 4) is 11.1 Å². The fourth-order valence-electron chi connectivity index (χ4n) is 5.44. The number of aromatic nitrogens is 2. The number of amides is 3. The third kappa shape index (κ3) is 9.20. The number of hydrogen-bond donors (Lipinski definition) is 2. The number of pyridine rings is 1. The molecule has 0 radical (unpaired) electrons. The number of benzene rings is 1. The molecule has 3 heterocycles. The van der Waals surface area contributed by atoms with E-state index in [0.717, 1.165) is 28.3 Å². The van der Waals surface area contributed by atoms with Crippen LogP contribution >= 0.6 is 11.6 Å². The van der Waals surface area contributed by atoms with Gasteiger partial charge in [-0.15, -0.1) is 0 Å². The average Bonchev–Trinajstić information content (AvgIpc) is 3.64. The monoisotopic (exact) mass is 667 g/mol. The quantitative estimate of drug-likeness (QED) is 0.164. The molecule has 2 aromatic heterocycles. The zero-order valence-electron chi connectivity index (χ0n) is 27.7. The van der Waals surface area contributed by atoms with Gasteiger partial charge in [-0.1, -0.05) is 37.3 Å². The van der Waals surface area contributed by atoms with E-state index in [9.17, 15) is 19.5 Å². The Bertz CT molecular complexity index is 1530. The largest absolute Gasteiger partial charge is 0.465 e. The zero-order chi connectivity index (χ0) is 33.6. The molecule has 0 aliphatic carbocycles. The number of ether oxygens (including phenoxy) is 1. The van der Waals surface area contributed by atoms with Crippen LogP contribution in [0, 0.1) is 0 Å². The summed E-state index contributed by atoms with van der Waals surface area (Å²) in [4.78, 5) is 46.7. The first-order valence-corrected chi connectivity index (χ1v) is 19.8. The second-order valence-corrected chi connectivity index (χ2v) is 20.1. The van der Waals surface area contributed by atoms with Crippen molar-refractivity contribution < 1.29 is 24.2 Å². The summed E-state index contributed by atoms with van der Waals surface area (Å²) in [5.41, 5.74) is 3.12. The van der Waals surface area contributed by atoms with Crippen molar-refractivity contribution >= 4 is 37.6 Å². The molecule has 248 valence electrons. The molecule has 3 amide bonds. The van der Waals surface area contributed by atoms with Crippen molar-refractivity contribution in [2.24, 2.45) is 0 Å². The highest BCUT2D eigenvalue weighted by molar-refractivity contribution is 6.76. The Morgan fingerprint density at radius 2 is 1.80 bits per heavy atom. The minimum Gasteiger partial charge on any atom is -0.465 e. The fraction of sp³-hybridized carbons (Fsp3) is 0.471. The lowest BCUT2D eigenvalue weighted by atomic mass is 10.0. The molecule has 3 aromatic rings. The van der Waals surface area contributed by atoms with Gasteiger partial charge in [0.2, 0.25) is 5.91 Å². The smallest absolute Gasteiger partial charge is 0.408 e. The van der Waals surface area contributed by atoms with E-state index in [1.165, 1.54) is 4.90 Å². The molecule has 0 unspecified atom stereocenters. The Kier molecular flexibility index (Phi) is 11.3. The number of rotatable bonds is 12. The lowest BCUT2D eigenvalue weighted by molar-refractivity contribution is -0.125. The first-order chi connectivity index (χ1) is 21.6. The van der Waals surface area contributed by atoms with E-state index < -0.39 is 25.7 Å². The lowest BCUT2D eigenvalue weighted by Gasteiger charge is -2.33. The third-order valence-corrected chi connectivity index (χ3v) is 10.1. The molecule has 1 aromatic carbocycles. The van der Waals surface area contributed by atoms with Crippen LogP contribution in [0.1, 0.15) is 55.2 Å². The Morgan fingerprint density at radius 1 is 1.09 bits per heavy atom. The van der Waals surface area contributed by atoms with Crippen molar-refractivity contribution in [2.45, 2.75) is 90.7 Å². The molecule has 1 saturated heterocycles. The average molecular weight is 668 g/mol. The Morgan fingerprint density at radius 3 is 2.46 bits per heavy atom. The number of nitrogens with zero attached hydrogens (tertiary/aromatic N) is 4. The highest BCUT2D eigenvalue weighted by Crippen LogP contribution is 2.27. The van der Waals surface area contributed by atoms with Crippen LogP contribution in [-0.2, 0) is 29.4 Å². The number of hydrogen-bond acceptors (Lipinski definition) is 5. The Labute approximate surface area is 277 Å². The van der Waals surface area contributed by atoms with Gasteiger partial charge in [0.25, 0.3) is 5.91 Å². The number of carbonyl (C=O) groups is 3. The molecule has 10 nitrogen and oxygen atoms in total. The maximum atomic E-state index is 14.1. The van der Waals surface area contributed by atoms with Crippen molar-refractivity contribution in [3.63, 3.8) is 0 Å². The van der Waals surface area contributed by atoms with Gasteiger partial charge >= 0.3 is 6.09 Å². The van der Waals surface area contributed by atoms with Gasteiger partial charge in [0.15, 0.2) is 0 Å². The van der Waals surface area contributed by atoms with Gasteiger partial charge in [-0.2, -0.15) is 0 Å². The molecule has 0 saturated carbocycles. The van der Waals surface area contributed by atoms with Crippen LogP contribution in [0.4, 0.5) is 4.79 Å². The zero-order valence-corrected chi connectivity index (χ0v) is 29.4. The second kappa shape index (κ2) is 14.8. The summed E-state index contributed by atoms with van der Waals surface area (Å²) in [5.74, 6) is -0.487. The van der Waals surface area contributed by atoms with E-state index in [1.807, 2.05) is 49.7 Å². The van der Waals surface area contributed by atoms with Crippen LogP contribution in [0.15, 0.2) is 55.0 Å². The second-order valence-electron chi connectivity index (χ2n) is 14.0. The molecular weight excluding hydrogens is 622 g/mol. The molecule has 4 rings (SSSR count). The fourth-order valence-corrected chi connectivity index (χ4v) is 6.40. The first-order valence-electron chi connectivity index (χ1n) is 15.7. The molecule has 0 spiro atoms. The number of carboxylic acid groups (broad SMARTS) is 1. The highest BCUT2D eigenvalue weighted by Gasteiger charge is 2.36. The lowest BCUT2D eigenvalue weighted by Crippen LogP contribution is -2.46. The minimum atomic E-state index is -1.28. The van der Waals surface area contributed by atoms with E-state index in [0.29, 0.717) is 36.7 Å². The van der Waals surface area contributed by atoms with Gasteiger partial charge < -0.3 is 24.6 Å². The number of carbonyl (C=O) groups excluding carboxylic acids is 2. The number of nitrogens with one attached hydrogen (secondary N) is 1. The van der Waals surface area contributed by atoms with E-state index in [2.05, 4.69) is 29.9 Å². The van der Waals surface area contributed by atoms with E-state index >= 15 is 0 Å². The molecule has 1 fully saturated rings. The summed E-state index contributed by atoms with van der Waals surface area (Å²) >= 11 is 6.30. The van der Waals surface area contributed by atoms with Crippen LogP contribution in [0.3, 0.4) is 0 Å². The summed E-state index contributed by atoms with van der Waals surface area (Å²) in [5, 5.41) is 13.3. The maximum Gasteiger partial charge on any atom is 0.408 e. The standard InChI is InChI=1S/C34H46ClN5O5Si/c1-34(2,3)40(33(43)44)22-25-9-10-28(35)18-26(25)20-37-31(41)29-8-7-15-39(29)32(42)30-19-27(24-11-13-36-14-12-24)21-38(30)23-45-16-17-46(4,5)6/h9-14,18-19,21,29H,7-8,15-17,20,22-23H2,1-6H3,(H,37,41)(H,43,44)/t29-/m0/s1. The summed E-state index contributed by atoms with van der Waals surface area (Å²) < 4.78 is 7.86. The van der Waals surface area contributed by atoms with Crippen LogP contribution < -0.4 is 5.32 Å². The first kappa shape index (κ1) is 35.2. The SMILES string of the molecule is CC(C)(C)N(Cc1ccc(Cl)cc1CNC(=O)[C@@H]1CCCN1C(=O)c1cc(-c2ccncc2)cn1COCC[Si](C)(C)C)C(=O)O. The summed E-state index contributed by atoms with van der Waals surface area (Å²) in [6, 6.07) is 11.3. The number of halogens is 1. The molecule has 46 heavy (non-hydrogen) atoms. The van der Waals surface area contributed by atoms with E-state index in [4.69, 9.17) is 16.3 Å². The van der Waals surface area contributed by atoms with Gasteiger partial charge in [0.1, 0.15) is 18.5 Å². The third-order valence-electron chi connectivity index (χ3n) is 8.16. The topological polar surface area (TPSA) is 117 Å². The van der Waals surface area contributed by atoms with Gasteiger partial charge in [-0.25, -0.2) is 4.79 Å². The van der Waals surface area contributed by atoms with Crippen molar-refractivity contribution in [3.05, 3.63) is 76.8 Å². The maximum absolute atomic E-state index is 14.1. The highest BCUT2D eigenvalue weighted by atomic mass is 35.5. The minimum absolute atomic E-state index is 0.145. The molecule has 2 N–H and O–H groups in total. The normalized spacial score (nSPS) is 15.2. The van der Waals surface area contributed by atoms with Gasteiger partial charge in [0, 0.05) is 69.0 Å². The Hall–Kier alpha value is -3.67. The molecule has 1 aliphatic rings. The number of likely N-dealkylation sites (tertiary alicyclic amines) is 1. The molecule has 12 heteroatoms. The van der Waals surface area contributed by atoms with Gasteiger partial charge in [-0.3, -0.25) is 19.5 Å². The van der Waals surface area contributed by atoms with E-state index in [-0.39, 0.29) is 31.6 Å². The van der Waals surface area contributed by atoms with E-state index in [1.54, 1.807) is 35.5 Å². The molecule has 0 bridgehead atoms. The summed E-state index contributed by atoms with van der Waals surface area (Å²) in [6.45, 7) is 14.0. The summed E-state index contributed by atoms with van der Waals surface area (Å²) in [7, 11) is -1.28. The van der Waals surface area contributed by atoms with Crippen LogP contribution in [0.25, 0.3) is 11.1 Å². The molecule has 1 atom stereocenters. The Balaban J connectivity index is 1.51. The predicted octanol–water partition coefficient (Wildman–Crippen LogP) is 6.72. The van der Waals surface area contributed by atoms with Crippen LogP contribution in [0.5, 0.6) is 0 Å². The van der Waals surface area contributed by atoms with Crippen LogP contribution in [-0.4, -0.2) is 75.2 Å². The van der Waals surface area contributed by atoms with Gasteiger partial charge in [-0.05, 0) is 86.7 Å². The van der Waals surface area contributed by atoms with Crippen LogP contribution in [0.2, 0.25) is 30.7 Å². The molecule has 1 aliphatic heterocycles.